The van der Waals surface area contributed by atoms with Crippen LogP contribution in [0.4, 0.5) is 8.78 Å². The van der Waals surface area contributed by atoms with Crippen molar-refractivity contribution < 1.29 is 23.2 Å². The van der Waals surface area contributed by atoms with Crippen molar-refractivity contribution >= 4 is 17.7 Å². The minimum absolute atomic E-state index is 0.0498. The molecule has 38 heavy (non-hydrogen) atoms. The van der Waals surface area contributed by atoms with Gasteiger partial charge in [0.05, 0.1) is 29.9 Å². The van der Waals surface area contributed by atoms with Crippen LogP contribution in [0.15, 0.2) is 72.9 Å². The van der Waals surface area contributed by atoms with Gasteiger partial charge in [-0.15, -0.1) is 0 Å². The average molecular weight is 513 g/mol. The molecule has 0 aliphatic carbocycles. The number of benzene rings is 3. The summed E-state index contributed by atoms with van der Waals surface area (Å²) in [5.41, 5.74) is 3.32. The first-order valence-corrected chi connectivity index (χ1v) is 12.1. The number of rotatable bonds is 6. The average Bonchev–Trinajstić information content (AvgIpc) is 3.50. The quantitative estimate of drug-likeness (QED) is 0.363. The van der Waals surface area contributed by atoms with E-state index in [2.05, 4.69) is 5.10 Å². The van der Waals surface area contributed by atoms with Crippen molar-refractivity contribution in [1.82, 2.24) is 19.6 Å². The van der Waals surface area contributed by atoms with Gasteiger partial charge in [0.15, 0.2) is 5.82 Å². The van der Waals surface area contributed by atoms with Gasteiger partial charge in [0.25, 0.3) is 17.7 Å². The Balaban J connectivity index is 1.34. The molecular weight excluding hydrogens is 490 g/mol. The summed E-state index contributed by atoms with van der Waals surface area (Å²) in [6, 6.07) is 17.1. The first-order valence-electron chi connectivity index (χ1n) is 12.1. The fourth-order valence-electron chi connectivity index (χ4n) is 5.35. The maximum absolute atomic E-state index is 14.4. The van der Waals surface area contributed by atoms with Crippen LogP contribution < -0.4 is 0 Å². The Hall–Kier alpha value is -4.66. The highest BCUT2D eigenvalue weighted by molar-refractivity contribution is 6.21. The van der Waals surface area contributed by atoms with Gasteiger partial charge in [-0.25, -0.2) is 8.78 Å². The number of carbonyl (C=O) groups excluding carboxylic acids is 3. The molecule has 2 aliphatic rings. The lowest BCUT2D eigenvalue weighted by molar-refractivity contribution is 0.0528. The molecule has 3 heterocycles. The molecular formula is C29H22F2N4O3. The molecule has 2 aliphatic heterocycles. The normalized spacial score (nSPS) is 15.3. The van der Waals surface area contributed by atoms with Crippen molar-refractivity contribution in [3.63, 3.8) is 0 Å². The number of nitrogens with zero attached hydrogens (tertiary/aromatic N) is 4. The van der Waals surface area contributed by atoms with Crippen LogP contribution in [-0.4, -0.2) is 49.9 Å². The van der Waals surface area contributed by atoms with E-state index in [9.17, 15) is 23.2 Å². The van der Waals surface area contributed by atoms with Crippen LogP contribution in [0.1, 0.15) is 42.2 Å². The summed E-state index contributed by atoms with van der Waals surface area (Å²) >= 11 is 0. The number of hydrogen-bond donors (Lipinski definition) is 0. The van der Waals surface area contributed by atoms with Crippen molar-refractivity contribution in [3.05, 3.63) is 112 Å². The Morgan fingerprint density at radius 1 is 0.868 bits per heavy atom. The van der Waals surface area contributed by atoms with Gasteiger partial charge < -0.3 is 4.90 Å². The molecule has 0 bridgehead atoms. The summed E-state index contributed by atoms with van der Waals surface area (Å²) in [4.78, 5) is 42.5. The van der Waals surface area contributed by atoms with E-state index in [0.29, 0.717) is 39.1 Å². The molecule has 0 fully saturated rings. The van der Waals surface area contributed by atoms with E-state index in [1.54, 1.807) is 66.5 Å². The second-order valence-corrected chi connectivity index (χ2v) is 9.52. The van der Waals surface area contributed by atoms with Crippen LogP contribution in [0.25, 0.3) is 11.3 Å². The number of fused-ring (bicyclic) bond motifs is 2. The third-order valence-electron chi connectivity index (χ3n) is 7.18. The molecule has 4 aromatic rings. The highest BCUT2D eigenvalue weighted by Gasteiger charge is 2.40. The van der Waals surface area contributed by atoms with Crippen LogP contribution >= 0.6 is 0 Å². The highest BCUT2D eigenvalue weighted by atomic mass is 19.1. The molecule has 9 heteroatoms. The predicted molar refractivity (Wildman–Crippen MR) is 134 cm³/mol. The number of aryl methyl sites for hydroxylation is 1. The molecule has 1 unspecified atom stereocenters. The SMILES string of the molecule is Cn1ncc(F)c1-c1ccc2c(c1)CN(C(Cc1cccc(F)c1)CN1C(=O)c3ccccc3C1=O)C2=O. The molecule has 0 spiro atoms. The van der Waals surface area contributed by atoms with Crippen molar-refractivity contribution in [2.75, 3.05) is 6.54 Å². The minimum Gasteiger partial charge on any atom is -0.329 e. The van der Waals surface area contributed by atoms with E-state index in [4.69, 9.17) is 0 Å². The number of carbonyl (C=O) groups is 3. The Kier molecular flexibility index (Phi) is 5.63. The molecule has 1 atom stereocenters. The van der Waals surface area contributed by atoms with Gasteiger partial charge in [0, 0.05) is 24.7 Å². The topological polar surface area (TPSA) is 75.5 Å². The molecule has 0 saturated carbocycles. The van der Waals surface area contributed by atoms with Gasteiger partial charge in [-0.05, 0) is 53.9 Å². The lowest BCUT2D eigenvalue weighted by atomic mass is 10.0. The van der Waals surface area contributed by atoms with Crippen LogP contribution in [0.5, 0.6) is 0 Å². The second-order valence-electron chi connectivity index (χ2n) is 9.52. The molecule has 0 radical (unpaired) electrons. The van der Waals surface area contributed by atoms with Crippen molar-refractivity contribution in [3.8, 4) is 11.3 Å². The standard InChI is InChI=1S/C29H22F2N4O3/c1-33-26(25(31)14-32-33)18-9-10-22-19(13-18)15-34(27(22)36)21(12-17-5-4-6-20(30)11-17)16-35-28(37)23-7-2-3-8-24(23)29(35)38/h2-11,13-14,21H,12,15-16H2,1H3. The van der Waals surface area contributed by atoms with Gasteiger partial charge in [0.1, 0.15) is 11.5 Å². The molecule has 1 aromatic heterocycles. The highest BCUT2D eigenvalue weighted by Crippen LogP contribution is 2.32. The first kappa shape index (κ1) is 23.7. The van der Waals surface area contributed by atoms with E-state index in [-0.39, 0.29) is 25.4 Å². The van der Waals surface area contributed by atoms with Crippen LogP contribution in [0.3, 0.4) is 0 Å². The van der Waals surface area contributed by atoms with Crippen LogP contribution in [0, 0.1) is 11.6 Å². The van der Waals surface area contributed by atoms with E-state index < -0.39 is 29.5 Å². The van der Waals surface area contributed by atoms with Gasteiger partial charge in [-0.1, -0.05) is 30.3 Å². The summed E-state index contributed by atoms with van der Waals surface area (Å²) in [5, 5.41) is 3.95. The smallest absolute Gasteiger partial charge is 0.261 e. The number of halogens is 2. The van der Waals surface area contributed by atoms with E-state index in [0.717, 1.165) is 11.1 Å². The van der Waals surface area contributed by atoms with Gasteiger partial charge in [-0.3, -0.25) is 24.0 Å². The zero-order valence-corrected chi connectivity index (χ0v) is 20.4. The fraction of sp³-hybridized carbons (Fsp3) is 0.172. The van der Waals surface area contributed by atoms with Gasteiger partial charge >= 0.3 is 0 Å². The molecule has 190 valence electrons. The maximum Gasteiger partial charge on any atom is 0.261 e. The van der Waals surface area contributed by atoms with E-state index >= 15 is 0 Å². The number of hydrogen-bond acceptors (Lipinski definition) is 4. The van der Waals surface area contributed by atoms with E-state index in [1.165, 1.54) is 16.8 Å². The minimum atomic E-state index is -0.615. The lowest BCUT2D eigenvalue weighted by Gasteiger charge is -2.31. The molecule has 3 amide bonds. The Morgan fingerprint density at radius 2 is 1.61 bits per heavy atom. The van der Waals surface area contributed by atoms with E-state index in [1.807, 2.05) is 0 Å². The summed E-state index contributed by atoms with van der Waals surface area (Å²) < 4.78 is 29.8. The molecule has 6 rings (SSSR count). The van der Waals surface area contributed by atoms with Crippen molar-refractivity contribution in [2.45, 2.75) is 19.0 Å². The largest absolute Gasteiger partial charge is 0.329 e. The number of aromatic nitrogens is 2. The van der Waals surface area contributed by atoms with Gasteiger partial charge in [-0.2, -0.15) is 5.10 Å². The zero-order chi connectivity index (χ0) is 26.6. The second kappa shape index (κ2) is 9.02. The van der Waals surface area contributed by atoms with Crippen molar-refractivity contribution in [1.29, 1.82) is 0 Å². The Labute approximate surface area is 216 Å². The fourth-order valence-corrected chi connectivity index (χ4v) is 5.35. The maximum atomic E-state index is 14.4. The van der Waals surface area contributed by atoms with Crippen LogP contribution in [-0.2, 0) is 20.0 Å². The zero-order valence-electron chi connectivity index (χ0n) is 20.4. The van der Waals surface area contributed by atoms with Crippen LogP contribution in [0.2, 0.25) is 0 Å². The molecule has 0 saturated heterocycles. The predicted octanol–water partition coefficient (Wildman–Crippen LogP) is 4.23. The summed E-state index contributed by atoms with van der Waals surface area (Å²) in [6.07, 6.45) is 1.37. The summed E-state index contributed by atoms with van der Waals surface area (Å²) in [6.45, 7) is 0.149. The number of amides is 3. The third-order valence-corrected chi connectivity index (χ3v) is 7.18. The Bertz CT molecular complexity index is 1580. The Morgan fingerprint density at radius 3 is 2.26 bits per heavy atom. The molecule has 0 N–H and O–H groups in total. The van der Waals surface area contributed by atoms with Gasteiger partial charge in [0.2, 0.25) is 0 Å². The number of imide groups is 1. The van der Waals surface area contributed by atoms with Crippen molar-refractivity contribution in [2.24, 2.45) is 7.05 Å². The monoisotopic (exact) mass is 512 g/mol. The first-order chi connectivity index (χ1) is 18.3. The molecule has 3 aromatic carbocycles. The lowest BCUT2D eigenvalue weighted by Crippen LogP contribution is -2.47. The molecule has 7 nitrogen and oxygen atoms in total. The summed E-state index contributed by atoms with van der Waals surface area (Å²) in [5.74, 6) is -2.00. The third kappa shape index (κ3) is 3.87. The summed E-state index contributed by atoms with van der Waals surface area (Å²) in [7, 11) is 1.64.